The van der Waals surface area contributed by atoms with Gasteiger partial charge in [-0.15, -0.1) is 0 Å². The SMILES string of the molecule is C[N+](C)(C)CCCCC1(CCCC[N+](C)(C)C)c2cc(-c3ccc(C(=C(c4ccccc4)c4ccccc4)c4ccccc4)cc3)ccc2-c2ccc(-c3ccc(C(=C(c4ccccc4)c4ccccc4)c4ccccc4)cc3)cc21.[Br-].[Br-]. The monoisotopic (exact) mass is 1210 g/mol. The van der Waals surface area contributed by atoms with E-state index in [2.05, 4.69) is 309 Å². The van der Waals surface area contributed by atoms with Crippen LogP contribution in [0.1, 0.15) is 94.2 Å². The van der Waals surface area contributed by atoms with Crippen molar-refractivity contribution in [2.75, 3.05) is 55.4 Å². The number of benzene rings is 10. The largest absolute Gasteiger partial charge is 1.00 e. The van der Waals surface area contributed by atoms with Crippen molar-refractivity contribution in [3.8, 4) is 33.4 Å². The van der Waals surface area contributed by atoms with E-state index in [-0.39, 0.29) is 39.4 Å². The number of rotatable bonds is 20. The molecular weight excluding hydrogens is 1140 g/mol. The van der Waals surface area contributed by atoms with E-state index < -0.39 is 0 Å². The van der Waals surface area contributed by atoms with Gasteiger partial charge in [0.15, 0.2) is 0 Å². The van der Waals surface area contributed by atoms with Gasteiger partial charge in [-0.2, -0.15) is 0 Å². The number of hydrogen-bond acceptors (Lipinski definition) is 0. The zero-order valence-electron chi connectivity index (χ0n) is 49.2. The quantitative estimate of drug-likeness (QED) is 0.0405. The van der Waals surface area contributed by atoms with Crippen LogP contribution in [0, 0.1) is 0 Å². The summed E-state index contributed by atoms with van der Waals surface area (Å²) in [5.74, 6) is 0. The average molecular weight is 1220 g/mol. The Hall–Kier alpha value is -7.44. The Balaban J connectivity index is 0.00000414. The maximum absolute atomic E-state index is 2.60. The molecule has 0 spiro atoms. The van der Waals surface area contributed by atoms with Gasteiger partial charge in [-0.3, -0.25) is 0 Å². The van der Waals surface area contributed by atoms with Gasteiger partial charge in [0.25, 0.3) is 0 Å². The summed E-state index contributed by atoms with van der Waals surface area (Å²) in [6, 6.07) is 99.2. The minimum absolute atomic E-state index is 0. The highest BCUT2D eigenvalue weighted by Gasteiger charge is 2.43. The van der Waals surface area contributed by atoms with Crippen molar-refractivity contribution < 1.29 is 42.9 Å². The number of fused-ring (bicyclic) bond motifs is 3. The highest BCUT2D eigenvalue weighted by atomic mass is 79.9. The van der Waals surface area contributed by atoms with Crippen molar-refractivity contribution in [1.29, 1.82) is 0 Å². The molecule has 1 aliphatic rings. The molecule has 83 heavy (non-hydrogen) atoms. The van der Waals surface area contributed by atoms with Crippen LogP contribution in [0.5, 0.6) is 0 Å². The van der Waals surface area contributed by atoms with E-state index in [9.17, 15) is 0 Å². The van der Waals surface area contributed by atoms with Gasteiger partial charge in [0, 0.05) is 5.41 Å². The smallest absolute Gasteiger partial charge is 0.0780 e. The fourth-order valence-electron chi connectivity index (χ4n) is 12.7. The second-order valence-corrected chi connectivity index (χ2v) is 24.4. The van der Waals surface area contributed by atoms with Crippen LogP contribution in [-0.4, -0.2) is 64.3 Å². The average Bonchev–Trinajstić information content (AvgIpc) is 4.00. The zero-order valence-corrected chi connectivity index (χ0v) is 52.4. The Kier molecular flexibility index (Phi) is 19.5. The van der Waals surface area contributed by atoms with E-state index in [1.807, 2.05) is 0 Å². The number of nitrogens with zero attached hydrogens (tertiary/aromatic N) is 2. The lowest BCUT2D eigenvalue weighted by Gasteiger charge is -2.34. The molecule has 0 bridgehead atoms. The Morgan fingerprint density at radius 3 is 0.735 bits per heavy atom. The van der Waals surface area contributed by atoms with Crippen LogP contribution in [0.4, 0.5) is 0 Å². The molecular formula is C79H78Br2N2. The first-order chi connectivity index (χ1) is 39.4. The third-order valence-corrected chi connectivity index (χ3v) is 16.6. The van der Waals surface area contributed by atoms with Crippen molar-refractivity contribution in [3.63, 3.8) is 0 Å². The Morgan fingerprint density at radius 1 is 0.265 bits per heavy atom. The first kappa shape index (κ1) is 60.2. The van der Waals surface area contributed by atoms with Gasteiger partial charge in [0.1, 0.15) is 0 Å². The summed E-state index contributed by atoms with van der Waals surface area (Å²) in [6.45, 7) is 2.31. The van der Waals surface area contributed by atoms with Gasteiger partial charge >= 0.3 is 0 Å². The molecule has 0 fully saturated rings. The van der Waals surface area contributed by atoms with E-state index in [4.69, 9.17) is 0 Å². The third kappa shape index (κ3) is 13.8. The molecule has 0 radical (unpaired) electrons. The molecule has 0 heterocycles. The fourth-order valence-corrected chi connectivity index (χ4v) is 12.7. The van der Waals surface area contributed by atoms with Crippen LogP contribution in [0.2, 0.25) is 0 Å². The molecule has 2 nitrogen and oxygen atoms in total. The summed E-state index contributed by atoms with van der Waals surface area (Å²) in [5, 5.41) is 0. The number of halogens is 2. The predicted octanol–water partition coefficient (Wildman–Crippen LogP) is 13.1. The summed E-state index contributed by atoms with van der Waals surface area (Å²) in [5.41, 5.74) is 25.2. The highest BCUT2D eigenvalue weighted by molar-refractivity contribution is 6.06. The van der Waals surface area contributed by atoms with Crippen molar-refractivity contribution in [2.45, 2.75) is 43.9 Å². The molecule has 0 saturated heterocycles. The fraction of sp³-hybridized carbons (Fsp3) is 0.190. The summed E-state index contributed by atoms with van der Waals surface area (Å²) in [4.78, 5) is 0. The molecule has 10 aromatic carbocycles. The molecule has 0 aliphatic heterocycles. The van der Waals surface area contributed by atoms with Crippen molar-refractivity contribution in [3.05, 3.63) is 323 Å². The molecule has 0 atom stereocenters. The normalized spacial score (nSPS) is 12.3. The van der Waals surface area contributed by atoms with E-state index in [0.29, 0.717) is 0 Å². The maximum atomic E-state index is 2.60. The van der Waals surface area contributed by atoms with E-state index >= 15 is 0 Å². The predicted molar refractivity (Wildman–Crippen MR) is 346 cm³/mol. The molecule has 0 aromatic heterocycles. The van der Waals surface area contributed by atoms with Crippen LogP contribution < -0.4 is 34.0 Å². The minimum Gasteiger partial charge on any atom is -1.00 e. The zero-order chi connectivity index (χ0) is 55.8. The van der Waals surface area contributed by atoms with Crippen LogP contribution in [0.25, 0.3) is 55.7 Å². The Labute approximate surface area is 516 Å². The number of unbranched alkanes of at least 4 members (excludes halogenated alkanes) is 2. The van der Waals surface area contributed by atoms with E-state index in [1.165, 1.54) is 137 Å². The molecule has 0 saturated carbocycles. The van der Waals surface area contributed by atoms with Gasteiger partial charge in [0.2, 0.25) is 0 Å². The lowest BCUT2D eigenvalue weighted by Crippen LogP contribution is -3.00. The van der Waals surface area contributed by atoms with Crippen molar-refractivity contribution in [2.24, 2.45) is 0 Å². The van der Waals surface area contributed by atoms with Gasteiger partial charge in [0.05, 0.1) is 55.4 Å². The van der Waals surface area contributed by atoms with Gasteiger partial charge in [-0.1, -0.05) is 255 Å². The Morgan fingerprint density at radius 2 is 0.494 bits per heavy atom. The van der Waals surface area contributed by atoms with Crippen molar-refractivity contribution in [1.82, 2.24) is 0 Å². The maximum Gasteiger partial charge on any atom is 0.0780 e. The molecule has 4 heteroatoms. The molecule has 0 N–H and O–H groups in total. The second-order valence-electron chi connectivity index (χ2n) is 24.4. The minimum atomic E-state index is -0.140. The molecule has 11 rings (SSSR count). The topological polar surface area (TPSA) is 0 Å². The molecule has 0 amide bonds. The third-order valence-electron chi connectivity index (χ3n) is 16.6. The van der Waals surface area contributed by atoms with Crippen LogP contribution >= 0.6 is 0 Å². The molecule has 1 aliphatic carbocycles. The molecule has 10 aromatic rings. The first-order valence-corrected chi connectivity index (χ1v) is 29.4. The summed E-state index contributed by atoms with van der Waals surface area (Å²) < 4.78 is 1.95. The van der Waals surface area contributed by atoms with E-state index in [1.54, 1.807) is 0 Å². The summed E-state index contributed by atoms with van der Waals surface area (Å²) >= 11 is 0. The summed E-state index contributed by atoms with van der Waals surface area (Å²) in [6.07, 6.45) is 6.94. The standard InChI is InChI=1S/C79H78N2.2BrH/c1-80(2,3)55-27-25-53-79(54-26-28-56-81(4,5)6)73-57-69(59-41-45-67(46-42-59)77(65-37-21-11-22-38-65)75(61-29-13-7-14-30-61)62-31-15-8-16-32-62)49-51-71(73)72-52-50-70(58-74(72)79)60-43-47-68(48-44-60)78(66-39-23-12-24-40-66)76(63-33-17-9-18-34-63)64-35-19-10-20-36-64;;/h7-24,29-52,57-58H,25-28,53-56H2,1-6H3;2*1H/q+2;;/p-2. The first-order valence-electron chi connectivity index (χ1n) is 29.4. The van der Waals surface area contributed by atoms with E-state index in [0.717, 1.165) is 34.9 Å². The lowest BCUT2D eigenvalue weighted by molar-refractivity contribution is -0.870. The van der Waals surface area contributed by atoms with Gasteiger partial charge in [-0.25, -0.2) is 0 Å². The second kappa shape index (κ2) is 26.9. The number of hydrogen-bond donors (Lipinski definition) is 0. The van der Waals surface area contributed by atoms with Gasteiger partial charge in [-0.05, 0) is 162 Å². The van der Waals surface area contributed by atoms with Gasteiger partial charge < -0.3 is 42.9 Å². The van der Waals surface area contributed by atoms with Crippen LogP contribution in [0.15, 0.2) is 267 Å². The lowest BCUT2D eigenvalue weighted by atomic mass is 9.70. The molecule has 418 valence electrons. The Bertz CT molecular complexity index is 3430. The summed E-state index contributed by atoms with van der Waals surface area (Å²) in [7, 11) is 14.0. The van der Waals surface area contributed by atoms with Crippen molar-refractivity contribution >= 4 is 22.3 Å². The molecule has 0 unspecified atom stereocenters. The van der Waals surface area contributed by atoms with Crippen LogP contribution in [-0.2, 0) is 5.41 Å². The highest BCUT2D eigenvalue weighted by Crippen LogP contribution is 2.56. The van der Waals surface area contributed by atoms with Crippen LogP contribution in [0.3, 0.4) is 0 Å². The number of quaternary nitrogens is 2.